The fourth-order valence-electron chi connectivity index (χ4n) is 1.93. The number of amides is 1. The Labute approximate surface area is 131 Å². The maximum atomic E-state index is 11.8. The lowest BCUT2D eigenvalue weighted by atomic mass is 10.1. The van der Waals surface area contributed by atoms with Gasteiger partial charge < -0.3 is 14.4 Å². The van der Waals surface area contributed by atoms with E-state index in [9.17, 15) is 9.59 Å². The minimum Gasteiger partial charge on any atom is -0.470 e. The molecule has 0 saturated carbocycles. The number of hydrogen-bond donors (Lipinski definition) is 0. The Hall–Kier alpha value is -1.63. The number of ether oxygens (including phenoxy) is 2. The molecule has 0 unspecified atom stereocenters. The van der Waals surface area contributed by atoms with Crippen LogP contribution in [0.3, 0.4) is 0 Å². The minimum absolute atomic E-state index is 0.0528. The van der Waals surface area contributed by atoms with E-state index in [0.717, 1.165) is 4.47 Å². The molecule has 1 fully saturated rings. The molecule has 21 heavy (non-hydrogen) atoms. The SMILES string of the molecule is CCOC(=O)CCC(=O)N1CC(Oc2ncccc2Br)C1. The first-order valence-electron chi connectivity index (χ1n) is 6.80. The highest BCUT2D eigenvalue weighted by atomic mass is 79.9. The first-order chi connectivity index (χ1) is 10.1. The van der Waals surface area contributed by atoms with Crippen LogP contribution in [0.4, 0.5) is 0 Å². The van der Waals surface area contributed by atoms with E-state index in [-0.39, 0.29) is 30.8 Å². The molecule has 0 aliphatic carbocycles. The third-order valence-corrected chi connectivity index (χ3v) is 3.66. The van der Waals surface area contributed by atoms with E-state index in [0.29, 0.717) is 25.6 Å². The van der Waals surface area contributed by atoms with Crippen LogP contribution in [0.25, 0.3) is 0 Å². The van der Waals surface area contributed by atoms with Gasteiger partial charge in [0.05, 0.1) is 30.6 Å². The summed E-state index contributed by atoms with van der Waals surface area (Å²) in [6.45, 7) is 3.12. The van der Waals surface area contributed by atoms with E-state index >= 15 is 0 Å². The van der Waals surface area contributed by atoms with Crippen LogP contribution in [0.5, 0.6) is 5.88 Å². The van der Waals surface area contributed by atoms with E-state index in [1.165, 1.54) is 0 Å². The van der Waals surface area contributed by atoms with Crippen LogP contribution in [-0.4, -0.2) is 47.6 Å². The van der Waals surface area contributed by atoms with E-state index in [1.54, 1.807) is 18.0 Å². The fraction of sp³-hybridized carbons (Fsp3) is 0.500. The molecule has 7 heteroatoms. The van der Waals surface area contributed by atoms with Crippen molar-refractivity contribution in [2.24, 2.45) is 0 Å². The lowest BCUT2D eigenvalue weighted by molar-refractivity contribution is -0.148. The van der Waals surface area contributed by atoms with E-state index in [1.807, 2.05) is 12.1 Å². The topological polar surface area (TPSA) is 68.7 Å². The van der Waals surface area contributed by atoms with Crippen LogP contribution < -0.4 is 4.74 Å². The number of pyridine rings is 1. The summed E-state index contributed by atoms with van der Waals surface area (Å²) in [5.74, 6) is 0.140. The molecule has 0 atom stereocenters. The van der Waals surface area contributed by atoms with Gasteiger partial charge in [0.15, 0.2) is 0 Å². The molecular weight excluding hydrogens is 340 g/mol. The van der Waals surface area contributed by atoms with Gasteiger partial charge in [0.2, 0.25) is 11.8 Å². The molecule has 1 aromatic heterocycles. The second-order valence-electron chi connectivity index (χ2n) is 4.63. The predicted molar refractivity (Wildman–Crippen MR) is 78.8 cm³/mol. The number of hydrogen-bond acceptors (Lipinski definition) is 5. The third kappa shape index (κ3) is 4.42. The standard InChI is InChI=1S/C14H17BrN2O4/c1-2-20-13(19)6-5-12(18)17-8-10(9-17)21-14-11(15)4-3-7-16-14/h3-4,7,10H,2,5-6,8-9H2,1H3. The Kier molecular flexibility index (Phi) is 5.55. The number of carbonyl (C=O) groups is 2. The summed E-state index contributed by atoms with van der Waals surface area (Å²) >= 11 is 3.36. The van der Waals surface area contributed by atoms with Crippen molar-refractivity contribution in [2.45, 2.75) is 25.9 Å². The van der Waals surface area contributed by atoms with Gasteiger partial charge in [0, 0.05) is 12.6 Å². The molecule has 6 nitrogen and oxygen atoms in total. The number of likely N-dealkylation sites (tertiary alicyclic amines) is 1. The number of carbonyl (C=O) groups excluding carboxylic acids is 2. The molecule has 1 amide bonds. The molecule has 0 spiro atoms. The molecule has 0 N–H and O–H groups in total. The Morgan fingerprint density at radius 2 is 2.19 bits per heavy atom. The van der Waals surface area contributed by atoms with Crippen LogP contribution in [0.15, 0.2) is 22.8 Å². The van der Waals surface area contributed by atoms with Crippen molar-refractivity contribution >= 4 is 27.8 Å². The van der Waals surface area contributed by atoms with Crippen LogP contribution in [0, 0.1) is 0 Å². The summed E-state index contributed by atoms with van der Waals surface area (Å²) in [5, 5.41) is 0. The van der Waals surface area contributed by atoms with Gasteiger partial charge >= 0.3 is 5.97 Å². The molecule has 1 saturated heterocycles. The fourth-order valence-corrected chi connectivity index (χ4v) is 2.28. The lowest BCUT2D eigenvalue weighted by Gasteiger charge is -2.38. The molecule has 0 radical (unpaired) electrons. The molecule has 1 aliphatic rings. The zero-order valence-electron chi connectivity index (χ0n) is 11.8. The van der Waals surface area contributed by atoms with Gasteiger partial charge in [0.1, 0.15) is 6.10 Å². The Morgan fingerprint density at radius 1 is 1.43 bits per heavy atom. The highest BCUT2D eigenvalue weighted by Crippen LogP contribution is 2.24. The molecule has 2 heterocycles. The van der Waals surface area contributed by atoms with Crippen LogP contribution in [-0.2, 0) is 14.3 Å². The summed E-state index contributed by atoms with van der Waals surface area (Å²) in [5.41, 5.74) is 0. The van der Waals surface area contributed by atoms with Gasteiger partial charge in [-0.2, -0.15) is 0 Å². The van der Waals surface area contributed by atoms with Gasteiger partial charge in [0.25, 0.3) is 0 Å². The summed E-state index contributed by atoms with van der Waals surface area (Å²) < 4.78 is 11.3. The Balaban J connectivity index is 1.70. The van der Waals surface area contributed by atoms with Crippen molar-refractivity contribution in [3.05, 3.63) is 22.8 Å². The minimum atomic E-state index is -0.336. The third-order valence-electron chi connectivity index (χ3n) is 3.05. The van der Waals surface area contributed by atoms with E-state index in [2.05, 4.69) is 20.9 Å². The second-order valence-corrected chi connectivity index (χ2v) is 5.49. The van der Waals surface area contributed by atoms with Crippen molar-refractivity contribution in [2.75, 3.05) is 19.7 Å². The normalized spacial score (nSPS) is 14.5. The number of nitrogens with zero attached hydrogens (tertiary/aromatic N) is 2. The monoisotopic (exact) mass is 356 g/mol. The molecule has 0 bridgehead atoms. The van der Waals surface area contributed by atoms with Gasteiger partial charge in [-0.15, -0.1) is 0 Å². The summed E-state index contributed by atoms with van der Waals surface area (Å²) in [7, 11) is 0. The van der Waals surface area contributed by atoms with E-state index in [4.69, 9.17) is 9.47 Å². The first-order valence-corrected chi connectivity index (χ1v) is 7.60. The summed E-state index contributed by atoms with van der Waals surface area (Å²) in [4.78, 5) is 28.8. The zero-order chi connectivity index (χ0) is 15.2. The van der Waals surface area contributed by atoms with Gasteiger partial charge in [-0.05, 0) is 35.0 Å². The molecule has 1 aromatic rings. The Morgan fingerprint density at radius 3 is 2.86 bits per heavy atom. The van der Waals surface area contributed by atoms with Gasteiger partial charge in [-0.3, -0.25) is 9.59 Å². The average molecular weight is 357 g/mol. The first kappa shape index (κ1) is 15.8. The number of esters is 1. The van der Waals surface area contributed by atoms with Crippen molar-refractivity contribution in [1.29, 1.82) is 0 Å². The largest absolute Gasteiger partial charge is 0.470 e. The van der Waals surface area contributed by atoms with Crippen molar-refractivity contribution in [3.63, 3.8) is 0 Å². The van der Waals surface area contributed by atoms with Gasteiger partial charge in [-0.1, -0.05) is 0 Å². The van der Waals surface area contributed by atoms with Crippen LogP contribution in [0.1, 0.15) is 19.8 Å². The summed E-state index contributed by atoms with van der Waals surface area (Å²) in [6.07, 6.45) is 1.91. The van der Waals surface area contributed by atoms with Crippen LogP contribution >= 0.6 is 15.9 Å². The average Bonchev–Trinajstić information content (AvgIpc) is 2.42. The highest BCUT2D eigenvalue weighted by molar-refractivity contribution is 9.10. The van der Waals surface area contributed by atoms with Crippen LogP contribution in [0.2, 0.25) is 0 Å². The maximum absolute atomic E-state index is 11.8. The maximum Gasteiger partial charge on any atom is 0.306 e. The van der Waals surface area contributed by atoms with Gasteiger partial charge in [-0.25, -0.2) is 4.98 Å². The van der Waals surface area contributed by atoms with E-state index < -0.39 is 0 Å². The molecular formula is C14H17BrN2O4. The number of halogens is 1. The number of rotatable bonds is 6. The Bertz CT molecular complexity index is 517. The highest BCUT2D eigenvalue weighted by Gasteiger charge is 2.32. The quantitative estimate of drug-likeness (QED) is 0.726. The zero-order valence-corrected chi connectivity index (χ0v) is 13.3. The predicted octanol–water partition coefficient (Wildman–Crippen LogP) is 1.78. The second kappa shape index (κ2) is 7.40. The molecule has 2 rings (SSSR count). The lowest BCUT2D eigenvalue weighted by Crippen LogP contribution is -2.56. The van der Waals surface area contributed by atoms with Crippen molar-refractivity contribution in [3.8, 4) is 5.88 Å². The smallest absolute Gasteiger partial charge is 0.306 e. The summed E-state index contributed by atoms with van der Waals surface area (Å²) in [6, 6.07) is 3.66. The molecule has 1 aliphatic heterocycles. The molecule has 0 aromatic carbocycles. The van der Waals surface area contributed by atoms with Crippen molar-refractivity contribution < 1.29 is 19.1 Å². The number of aromatic nitrogens is 1. The molecule has 114 valence electrons. The van der Waals surface area contributed by atoms with Crippen molar-refractivity contribution in [1.82, 2.24) is 9.88 Å².